The first-order valence-electron chi connectivity index (χ1n) is 6.45. The van der Waals surface area contributed by atoms with Crippen molar-refractivity contribution in [2.75, 3.05) is 13.4 Å². The van der Waals surface area contributed by atoms with Gasteiger partial charge in [0.25, 0.3) is 0 Å². The van der Waals surface area contributed by atoms with Crippen molar-refractivity contribution >= 4 is 21.8 Å². The topological polar surface area (TPSA) is 99.9 Å². The van der Waals surface area contributed by atoms with Crippen LogP contribution >= 0.6 is 0 Å². The minimum absolute atomic E-state index is 0.0822. The third-order valence-electron chi connectivity index (χ3n) is 2.99. The van der Waals surface area contributed by atoms with E-state index in [0.717, 1.165) is 6.26 Å². The van der Waals surface area contributed by atoms with Gasteiger partial charge in [-0.2, -0.15) is 0 Å². The number of rotatable bonds is 5. The Hall–Kier alpha value is -2.61. The second-order valence-electron chi connectivity index (χ2n) is 4.59. The summed E-state index contributed by atoms with van der Waals surface area (Å²) in [5, 5.41) is 0. The molecule has 0 radical (unpaired) electrons. The molecule has 0 fully saturated rings. The Bertz CT molecular complexity index is 833. The van der Waals surface area contributed by atoms with E-state index < -0.39 is 21.8 Å². The van der Waals surface area contributed by atoms with Gasteiger partial charge >= 0.3 is 11.9 Å². The van der Waals surface area contributed by atoms with Crippen LogP contribution in [-0.4, -0.2) is 33.7 Å². The maximum Gasteiger partial charge on any atom is 0.341 e. The SMILES string of the molecule is COC(=O)c1ccoc1COC(=O)c1ccccc1S(C)(=O)=O. The molecule has 2 aromatic rings. The fourth-order valence-corrected chi connectivity index (χ4v) is 2.79. The van der Waals surface area contributed by atoms with Gasteiger partial charge in [0.15, 0.2) is 22.2 Å². The fourth-order valence-electron chi connectivity index (χ4n) is 1.91. The van der Waals surface area contributed by atoms with Crippen molar-refractivity contribution in [3.8, 4) is 0 Å². The summed E-state index contributed by atoms with van der Waals surface area (Å²) in [6, 6.07) is 7.09. The van der Waals surface area contributed by atoms with E-state index in [0.29, 0.717) is 0 Å². The zero-order valence-corrected chi connectivity index (χ0v) is 13.3. The van der Waals surface area contributed by atoms with Crippen LogP contribution in [0.5, 0.6) is 0 Å². The van der Waals surface area contributed by atoms with E-state index in [9.17, 15) is 18.0 Å². The van der Waals surface area contributed by atoms with Gasteiger partial charge in [-0.1, -0.05) is 12.1 Å². The minimum atomic E-state index is -3.57. The highest BCUT2D eigenvalue weighted by Gasteiger charge is 2.21. The first kappa shape index (κ1) is 16.8. The number of carbonyl (C=O) groups is 2. The third-order valence-corrected chi connectivity index (χ3v) is 4.15. The predicted octanol–water partition coefficient (Wildman–Crippen LogP) is 1.83. The molecule has 0 N–H and O–H groups in total. The smallest absolute Gasteiger partial charge is 0.341 e. The molecule has 2 rings (SSSR count). The molecule has 1 heterocycles. The third kappa shape index (κ3) is 3.78. The van der Waals surface area contributed by atoms with Gasteiger partial charge in [0.1, 0.15) is 5.56 Å². The normalized spacial score (nSPS) is 11.0. The van der Waals surface area contributed by atoms with E-state index in [2.05, 4.69) is 4.74 Å². The number of sulfone groups is 1. The van der Waals surface area contributed by atoms with Crippen LogP contribution in [-0.2, 0) is 25.9 Å². The van der Waals surface area contributed by atoms with Crippen LogP contribution < -0.4 is 0 Å². The lowest BCUT2D eigenvalue weighted by Crippen LogP contribution is -2.12. The molecular weight excluding hydrogens is 324 g/mol. The molecule has 0 amide bonds. The summed E-state index contributed by atoms with van der Waals surface area (Å²) in [5.41, 5.74) is 0.0536. The molecule has 0 unspecified atom stereocenters. The summed E-state index contributed by atoms with van der Waals surface area (Å²) in [4.78, 5) is 23.5. The van der Waals surface area contributed by atoms with Crippen molar-refractivity contribution in [2.45, 2.75) is 11.5 Å². The molecule has 0 aliphatic carbocycles. The Kier molecular flexibility index (Phi) is 4.85. The van der Waals surface area contributed by atoms with Crippen molar-refractivity contribution in [3.63, 3.8) is 0 Å². The monoisotopic (exact) mass is 338 g/mol. The summed E-state index contributed by atoms with van der Waals surface area (Å²) in [7, 11) is -2.36. The molecule has 0 atom stereocenters. The van der Waals surface area contributed by atoms with Crippen molar-refractivity contribution in [1.82, 2.24) is 0 Å². The van der Waals surface area contributed by atoms with Crippen LogP contribution in [0.1, 0.15) is 26.5 Å². The summed E-state index contributed by atoms with van der Waals surface area (Å²) in [6.45, 7) is -0.325. The largest absolute Gasteiger partial charge is 0.465 e. The van der Waals surface area contributed by atoms with Crippen molar-refractivity contribution in [1.29, 1.82) is 0 Å². The number of carbonyl (C=O) groups excluding carboxylic acids is 2. The lowest BCUT2D eigenvalue weighted by atomic mass is 10.2. The zero-order chi connectivity index (χ0) is 17.0. The molecule has 0 spiro atoms. The number of esters is 2. The van der Waals surface area contributed by atoms with Gasteiger partial charge < -0.3 is 13.9 Å². The molecule has 8 heteroatoms. The second-order valence-corrected chi connectivity index (χ2v) is 6.58. The van der Waals surface area contributed by atoms with Crippen molar-refractivity contribution in [3.05, 3.63) is 53.5 Å². The first-order valence-corrected chi connectivity index (χ1v) is 8.34. The molecule has 0 aliphatic heterocycles. The average molecular weight is 338 g/mol. The minimum Gasteiger partial charge on any atom is -0.465 e. The van der Waals surface area contributed by atoms with Crippen molar-refractivity contribution < 1.29 is 31.9 Å². The molecule has 7 nitrogen and oxygen atoms in total. The molecule has 1 aromatic heterocycles. The van der Waals surface area contributed by atoms with Crippen LogP contribution in [0.2, 0.25) is 0 Å². The van der Waals surface area contributed by atoms with Gasteiger partial charge in [-0.25, -0.2) is 18.0 Å². The Morgan fingerprint density at radius 2 is 1.78 bits per heavy atom. The molecule has 0 saturated carbocycles. The molecule has 122 valence electrons. The Morgan fingerprint density at radius 1 is 1.09 bits per heavy atom. The van der Waals surface area contributed by atoms with Crippen LogP contribution in [0.25, 0.3) is 0 Å². The maximum absolute atomic E-state index is 12.1. The van der Waals surface area contributed by atoms with E-state index in [-0.39, 0.29) is 28.4 Å². The lowest BCUT2D eigenvalue weighted by molar-refractivity contribution is 0.0428. The number of benzene rings is 1. The Labute approximate surface area is 132 Å². The first-order chi connectivity index (χ1) is 10.8. The molecule has 0 saturated heterocycles. The standard InChI is InChI=1S/C15H14O7S/c1-20-14(16)10-7-8-21-12(10)9-22-15(17)11-5-3-4-6-13(11)23(2,18)19/h3-8H,9H2,1-2H3. The maximum atomic E-state index is 12.1. The second kappa shape index (κ2) is 6.66. The summed E-state index contributed by atoms with van der Waals surface area (Å²) < 4.78 is 38.1. The molecule has 0 bridgehead atoms. The highest BCUT2D eigenvalue weighted by molar-refractivity contribution is 7.90. The lowest BCUT2D eigenvalue weighted by Gasteiger charge is -2.08. The quantitative estimate of drug-likeness (QED) is 0.767. The van der Waals surface area contributed by atoms with Gasteiger partial charge in [0, 0.05) is 6.26 Å². The van der Waals surface area contributed by atoms with Crippen LogP contribution in [0, 0.1) is 0 Å². The average Bonchev–Trinajstić information content (AvgIpc) is 2.99. The number of hydrogen-bond acceptors (Lipinski definition) is 7. The number of hydrogen-bond donors (Lipinski definition) is 0. The Morgan fingerprint density at radius 3 is 2.43 bits per heavy atom. The number of furan rings is 1. The van der Waals surface area contributed by atoms with Crippen LogP contribution in [0.4, 0.5) is 0 Å². The summed E-state index contributed by atoms with van der Waals surface area (Å²) in [5.74, 6) is -1.35. The highest BCUT2D eigenvalue weighted by atomic mass is 32.2. The van der Waals surface area contributed by atoms with E-state index in [4.69, 9.17) is 9.15 Å². The molecule has 1 aromatic carbocycles. The van der Waals surface area contributed by atoms with Crippen LogP contribution in [0.3, 0.4) is 0 Å². The molecular formula is C15H14O7S. The summed E-state index contributed by atoms with van der Waals surface area (Å²) >= 11 is 0. The zero-order valence-electron chi connectivity index (χ0n) is 12.4. The Balaban J connectivity index is 2.19. The van der Waals surface area contributed by atoms with E-state index in [1.165, 1.54) is 43.7 Å². The number of methoxy groups -OCH3 is 1. The van der Waals surface area contributed by atoms with Crippen molar-refractivity contribution in [2.24, 2.45) is 0 Å². The van der Waals surface area contributed by atoms with Gasteiger partial charge in [0.05, 0.1) is 23.8 Å². The van der Waals surface area contributed by atoms with Gasteiger partial charge in [0.2, 0.25) is 0 Å². The number of ether oxygens (including phenoxy) is 2. The van der Waals surface area contributed by atoms with Gasteiger partial charge in [-0.05, 0) is 18.2 Å². The van der Waals surface area contributed by atoms with E-state index in [1.54, 1.807) is 0 Å². The highest BCUT2D eigenvalue weighted by Crippen LogP contribution is 2.18. The van der Waals surface area contributed by atoms with E-state index in [1.807, 2.05) is 0 Å². The fraction of sp³-hybridized carbons (Fsp3) is 0.200. The summed E-state index contributed by atoms with van der Waals surface area (Å²) in [6.07, 6.45) is 2.26. The van der Waals surface area contributed by atoms with E-state index >= 15 is 0 Å². The van der Waals surface area contributed by atoms with Gasteiger partial charge in [-0.15, -0.1) is 0 Å². The predicted molar refractivity (Wildman–Crippen MR) is 78.7 cm³/mol. The van der Waals surface area contributed by atoms with Crippen LogP contribution in [0.15, 0.2) is 45.9 Å². The van der Waals surface area contributed by atoms with Gasteiger partial charge in [-0.3, -0.25) is 0 Å². The molecule has 23 heavy (non-hydrogen) atoms. The molecule has 0 aliphatic rings.